The zero-order chi connectivity index (χ0) is 35.6. The predicted molar refractivity (Wildman–Crippen MR) is 146 cm³/mol. The average molecular weight is 705 g/mol. The number of ether oxygens (including phenoxy) is 1. The number of nitrogens with one attached hydrogen (secondary N) is 4. The molecule has 1 atom stereocenters. The van der Waals surface area contributed by atoms with Crippen LogP contribution in [-0.4, -0.2) is 58.2 Å². The molecule has 20 heteroatoms. The number of pyridine rings is 1. The third-order valence-electron chi connectivity index (χ3n) is 7.55. The third-order valence-corrected chi connectivity index (χ3v) is 7.55. The fourth-order valence-electron chi connectivity index (χ4n) is 4.90. The number of alkyl halides is 11. The van der Waals surface area contributed by atoms with Gasteiger partial charge in [0, 0.05) is 12.6 Å². The van der Waals surface area contributed by atoms with Gasteiger partial charge in [0.1, 0.15) is 17.0 Å². The van der Waals surface area contributed by atoms with Crippen molar-refractivity contribution >= 4 is 34.6 Å². The molecule has 264 valence electrons. The number of aromatic amines is 1. The summed E-state index contributed by atoms with van der Waals surface area (Å²) in [5.74, 6) is -7.23. The van der Waals surface area contributed by atoms with Crippen LogP contribution in [0, 0.1) is 11.8 Å². The fraction of sp³-hybridized carbons (Fsp3) is 0.500. The first kappa shape index (κ1) is 36.4. The lowest BCUT2D eigenvalue weighted by Crippen LogP contribution is -2.40. The molecular weight excluding hydrogens is 677 g/mol. The number of nitrogens with zero attached hydrogens (tertiary/aromatic N) is 2. The van der Waals surface area contributed by atoms with E-state index in [9.17, 15) is 57.9 Å². The van der Waals surface area contributed by atoms with Crippen molar-refractivity contribution in [2.24, 2.45) is 11.8 Å². The van der Waals surface area contributed by atoms with Gasteiger partial charge in [-0.25, -0.2) is 13.8 Å². The number of amides is 2. The van der Waals surface area contributed by atoms with Crippen LogP contribution in [0.2, 0.25) is 0 Å². The number of hydrogen-bond donors (Lipinski definition) is 4. The molecule has 0 radical (unpaired) electrons. The number of rotatable bonds is 10. The van der Waals surface area contributed by atoms with Crippen molar-refractivity contribution in [2.75, 3.05) is 11.9 Å². The van der Waals surface area contributed by atoms with E-state index in [0.717, 1.165) is 18.2 Å². The second-order valence-electron chi connectivity index (χ2n) is 11.0. The van der Waals surface area contributed by atoms with Crippen molar-refractivity contribution in [3.63, 3.8) is 0 Å². The van der Waals surface area contributed by atoms with Crippen LogP contribution in [0.25, 0.3) is 11.2 Å². The number of halogens is 11. The Morgan fingerprint density at radius 1 is 0.979 bits per heavy atom. The number of benzene rings is 1. The average Bonchev–Trinajstić information content (AvgIpc) is 3.37. The van der Waals surface area contributed by atoms with E-state index < -0.39 is 96.4 Å². The number of imidazole rings is 1. The van der Waals surface area contributed by atoms with E-state index in [-0.39, 0.29) is 42.4 Å². The fourth-order valence-corrected chi connectivity index (χ4v) is 4.90. The Labute approximate surface area is 264 Å². The lowest BCUT2D eigenvalue weighted by molar-refractivity contribution is -0.182. The Balaban J connectivity index is 1.59. The molecule has 3 aromatic rings. The minimum Gasteiger partial charge on any atom is -0.471 e. The van der Waals surface area contributed by atoms with E-state index >= 15 is 0 Å². The first-order chi connectivity index (χ1) is 22.2. The molecule has 1 aliphatic carbocycles. The van der Waals surface area contributed by atoms with Gasteiger partial charge in [-0.1, -0.05) is 6.07 Å². The lowest BCUT2D eigenvalue weighted by Gasteiger charge is -2.30. The van der Waals surface area contributed by atoms with Gasteiger partial charge in [0.2, 0.25) is 17.7 Å². The van der Waals surface area contributed by atoms with Crippen molar-refractivity contribution < 1.29 is 62.6 Å². The number of hydrogen-bond acceptors (Lipinski definition) is 6. The summed E-state index contributed by atoms with van der Waals surface area (Å²) < 4.78 is 150. The zero-order valence-electron chi connectivity index (χ0n) is 24.6. The van der Waals surface area contributed by atoms with Gasteiger partial charge in [-0.2, -0.15) is 44.5 Å². The quantitative estimate of drug-likeness (QED) is 0.168. The second kappa shape index (κ2) is 14.0. The number of carbonyl (C=O) groups excluding carboxylic acids is 2. The van der Waals surface area contributed by atoms with Crippen molar-refractivity contribution in [1.29, 1.82) is 0 Å². The van der Waals surface area contributed by atoms with Crippen molar-refractivity contribution in [3.8, 4) is 5.88 Å². The standard InChI is InChI=1S/C28H27F11N6O3/c1-12(26(31,32)33)22(46)40-10-13-2-7-17(28(37,38)39)18(8-13)42-25-43-19-9-16(24(44-21(19)45-25)48-11-20(29)30)23(47)41-15-5-3-14(4-6-15)27(34,35)36/h2,7-9,12,14-15,20H,3-6,10-11H2,1H3,(H,40,46)(H,41,47)(H2,42,43,44,45)/t12?,14-,15-. The Hall–Kier alpha value is -4.39. The molecule has 2 heterocycles. The Kier molecular flexibility index (Phi) is 10.6. The molecule has 0 saturated heterocycles. The van der Waals surface area contributed by atoms with E-state index in [0.29, 0.717) is 13.0 Å². The van der Waals surface area contributed by atoms with Crippen LogP contribution in [0.1, 0.15) is 54.1 Å². The summed E-state index contributed by atoms with van der Waals surface area (Å²) in [4.78, 5) is 35.5. The van der Waals surface area contributed by atoms with Gasteiger partial charge in [0.05, 0.1) is 17.2 Å². The highest BCUT2D eigenvalue weighted by molar-refractivity contribution is 5.99. The topological polar surface area (TPSA) is 121 Å². The molecule has 1 saturated carbocycles. The summed E-state index contributed by atoms with van der Waals surface area (Å²) in [6.45, 7) is -1.14. The summed E-state index contributed by atoms with van der Waals surface area (Å²) in [5.41, 5.74) is -2.67. The summed E-state index contributed by atoms with van der Waals surface area (Å²) >= 11 is 0. The molecule has 9 nitrogen and oxygen atoms in total. The molecular formula is C28H27F11N6O3. The van der Waals surface area contributed by atoms with Crippen LogP contribution in [0.4, 0.5) is 59.9 Å². The molecule has 48 heavy (non-hydrogen) atoms. The molecule has 1 fully saturated rings. The number of fused-ring (bicyclic) bond motifs is 1. The molecule has 1 unspecified atom stereocenters. The maximum absolute atomic E-state index is 13.8. The van der Waals surface area contributed by atoms with Crippen molar-refractivity contribution in [1.82, 2.24) is 25.6 Å². The van der Waals surface area contributed by atoms with Gasteiger partial charge in [-0.15, -0.1) is 0 Å². The van der Waals surface area contributed by atoms with Gasteiger partial charge >= 0.3 is 18.5 Å². The van der Waals surface area contributed by atoms with Crippen LogP contribution in [0.5, 0.6) is 5.88 Å². The third kappa shape index (κ3) is 9.15. The summed E-state index contributed by atoms with van der Waals surface area (Å²) in [5, 5.41) is 6.90. The molecule has 2 aromatic heterocycles. The number of H-pyrrole nitrogens is 1. The summed E-state index contributed by atoms with van der Waals surface area (Å²) in [7, 11) is 0. The predicted octanol–water partition coefficient (Wildman–Crippen LogP) is 7.03. The molecule has 4 N–H and O–H groups in total. The van der Waals surface area contributed by atoms with Gasteiger partial charge in [0.15, 0.2) is 12.3 Å². The summed E-state index contributed by atoms with van der Waals surface area (Å²) in [6.07, 6.45) is -17.7. The molecule has 1 aliphatic rings. The molecule has 0 spiro atoms. The van der Waals surface area contributed by atoms with Crippen molar-refractivity contribution in [3.05, 3.63) is 41.0 Å². The Bertz CT molecular complexity index is 1610. The summed E-state index contributed by atoms with van der Waals surface area (Å²) in [6, 6.07) is 2.84. The molecule has 1 aromatic carbocycles. The SMILES string of the molecule is CC(C(=O)NCc1ccc(C(F)(F)F)c(Nc2nc3cc(C(=O)N[C@H]4CC[C@H](C(F)(F)F)CC4)c(OCC(F)F)nc3[nH]2)c1)C(F)(F)F. The second-order valence-corrected chi connectivity index (χ2v) is 11.0. The van der Waals surface area contributed by atoms with E-state index in [2.05, 4.69) is 25.6 Å². The van der Waals surface area contributed by atoms with Crippen LogP contribution >= 0.6 is 0 Å². The Morgan fingerprint density at radius 2 is 1.65 bits per heavy atom. The smallest absolute Gasteiger partial charge is 0.418 e. The monoisotopic (exact) mass is 704 g/mol. The molecule has 4 rings (SSSR count). The molecule has 0 bridgehead atoms. The van der Waals surface area contributed by atoms with E-state index in [1.807, 2.05) is 5.32 Å². The van der Waals surface area contributed by atoms with Gasteiger partial charge in [0.25, 0.3) is 12.3 Å². The number of carbonyl (C=O) groups is 2. The highest BCUT2D eigenvalue weighted by Gasteiger charge is 2.42. The van der Waals surface area contributed by atoms with Crippen LogP contribution < -0.4 is 20.7 Å². The van der Waals surface area contributed by atoms with Gasteiger partial charge in [-0.05, 0) is 56.4 Å². The first-order valence-electron chi connectivity index (χ1n) is 14.2. The highest BCUT2D eigenvalue weighted by atomic mass is 19.4. The Morgan fingerprint density at radius 3 is 2.23 bits per heavy atom. The number of aromatic nitrogens is 3. The normalized spacial score (nSPS) is 18.1. The maximum Gasteiger partial charge on any atom is 0.418 e. The highest BCUT2D eigenvalue weighted by Crippen LogP contribution is 2.39. The lowest BCUT2D eigenvalue weighted by atomic mass is 9.85. The van der Waals surface area contributed by atoms with Gasteiger partial charge in [-0.3, -0.25) is 9.59 Å². The first-order valence-corrected chi connectivity index (χ1v) is 14.2. The minimum absolute atomic E-state index is 0.0130. The largest absolute Gasteiger partial charge is 0.471 e. The van der Waals surface area contributed by atoms with Gasteiger partial charge < -0.3 is 25.7 Å². The molecule has 2 amide bonds. The van der Waals surface area contributed by atoms with Crippen LogP contribution in [-0.2, 0) is 17.5 Å². The maximum atomic E-state index is 13.8. The van der Waals surface area contributed by atoms with Crippen molar-refractivity contribution in [2.45, 2.75) is 70.1 Å². The van der Waals surface area contributed by atoms with E-state index in [1.54, 1.807) is 0 Å². The number of anilines is 2. The minimum atomic E-state index is -4.93. The van der Waals surface area contributed by atoms with Crippen LogP contribution in [0.15, 0.2) is 24.3 Å². The van der Waals surface area contributed by atoms with E-state index in [1.165, 1.54) is 0 Å². The zero-order valence-corrected chi connectivity index (χ0v) is 24.6. The van der Waals surface area contributed by atoms with E-state index in [4.69, 9.17) is 4.74 Å². The van der Waals surface area contributed by atoms with Crippen LogP contribution in [0.3, 0.4) is 0 Å². The molecule has 0 aliphatic heterocycles.